The van der Waals surface area contributed by atoms with Gasteiger partial charge in [0, 0.05) is 56.9 Å². The van der Waals surface area contributed by atoms with Crippen LogP contribution in [0.3, 0.4) is 0 Å². The van der Waals surface area contributed by atoms with Crippen molar-refractivity contribution in [1.29, 1.82) is 0 Å². The second-order valence-corrected chi connectivity index (χ2v) is 7.91. The summed E-state index contributed by atoms with van der Waals surface area (Å²) in [4.78, 5) is 30.3. The van der Waals surface area contributed by atoms with Crippen molar-refractivity contribution < 1.29 is 27.5 Å². The Morgan fingerprint density at radius 3 is 2.19 bits per heavy atom. The van der Waals surface area contributed by atoms with Crippen molar-refractivity contribution in [2.45, 2.75) is 26.6 Å². The number of aryl methyl sites for hydroxylation is 2. The van der Waals surface area contributed by atoms with Gasteiger partial charge in [0.2, 0.25) is 5.95 Å². The zero-order valence-corrected chi connectivity index (χ0v) is 19.6. The van der Waals surface area contributed by atoms with Gasteiger partial charge < -0.3 is 20.2 Å². The fraction of sp³-hybridized carbons (Fsp3) is 0.348. The second-order valence-electron chi connectivity index (χ2n) is 7.91. The first-order valence-corrected chi connectivity index (χ1v) is 10.9. The van der Waals surface area contributed by atoms with Crippen molar-refractivity contribution in [2.24, 2.45) is 0 Å². The van der Waals surface area contributed by atoms with Crippen LogP contribution in [0.15, 0.2) is 42.7 Å². The van der Waals surface area contributed by atoms with Crippen molar-refractivity contribution in [3.05, 3.63) is 65.6 Å². The number of alkyl halides is 3. The van der Waals surface area contributed by atoms with E-state index in [1.807, 2.05) is 32.0 Å². The van der Waals surface area contributed by atoms with Gasteiger partial charge in [0.1, 0.15) is 17.5 Å². The Bertz CT molecular complexity index is 1150. The van der Waals surface area contributed by atoms with Gasteiger partial charge in [-0.15, -0.1) is 0 Å². The number of aromatic nitrogens is 4. The largest absolute Gasteiger partial charge is 0.490 e. The van der Waals surface area contributed by atoms with E-state index in [1.54, 1.807) is 24.5 Å². The predicted molar refractivity (Wildman–Crippen MR) is 125 cm³/mol. The molecule has 9 nitrogen and oxygen atoms in total. The summed E-state index contributed by atoms with van der Waals surface area (Å²) >= 11 is 0. The number of hydrogen-bond acceptors (Lipinski definition) is 8. The van der Waals surface area contributed by atoms with E-state index in [0.29, 0.717) is 18.1 Å². The topological polar surface area (TPSA) is 107 Å². The molecule has 0 unspecified atom stereocenters. The minimum atomic E-state index is -5.08. The molecule has 0 bridgehead atoms. The third-order valence-electron chi connectivity index (χ3n) is 5.15. The van der Waals surface area contributed by atoms with Gasteiger partial charge in [-0.25, -0.2) is 29.1 Å². The quantitative estimate of drug-likeness (QED) is 0.501. The highest BCUT2D eigenvalue weighted by Gasteiger charge is 2.38. The van der Waals surface area contributed by atoms with Crippen molar-refractivity contribution in [1.82, 2.24) is 19.9 Å². The molecule has 2 N–H and O–H groups in total. The van der Waals surface area contributed by atoms with E-state index in [2.05, 4.69) is 35.1 Å². The maximum absolute atomic E-state index is 14.8. The van der Waals surface area contributed by atoms with Crippen molar-refractivity contribution in [3.8, 4) is 0 Å². The van der Waals surface area contributed by atoms with Crippen LogP contribution in [0.25, 0.3) is 0 Å². The Morgan fingerprint density at radius 2 is 1.64 bits per heavy atom. The number of benzene rings is 1. The highest BCUT2D eigenvalue weighted by Crippen LogP contribution is 2.23. The van der Waals surface area contributed by atoms with E-state index >= 15 is 0 Å². The Labute approximate surface area is 204 Å². The third-order valence-corrected chi connectivity index (χ3v) is 5.15. The van der Waals surface area contributed by atoms with Crippen LogP contribution in [0.4, 0.5) is 35.0 Å². The number of rotatable bonds is 5. The molecule has 2 aromatic heterocycles. The molecule has 4 rings (SSSR count). The van der Waals surface area contributed by atoms with E-state index in [0.717, 1.165) is 49.2 Å². The summed E-state index contributed by atoms with van der Waals surface area (Å²) in [6.45, 7) is 7.28. The fourth-order valence-corrected chi connectivity index (χ4v) is 3.52. The highest BCUT2D eigenvalue weighted by atomic mass is 19.4. The molecule has 3 aromatic rings. The lowest BCUT2D eigenvalue weighted by atomic mass is 10.1. The van der Waals surface area contributed by atoms with Crippen LogP contribution in [-0.2, 0) is 11.3 Å². The van der Waals surface area contributed by atoms with Gasteiger partial charge in [-0.2, -0.15) is 13.2 Å². The number of anilines is 3. The van der Waals surface area contributed by atoms with Crippen LogP contribution in [0.1, 0.15) is 17.1 Å². The average molecular weight is 507 g/mol. The van der Waals surface area contributed by atoms with Crippen LogP contribution >= 0.6 is 0 Å². The van der Waals surface area contributed by atoms with Crippen molar-refractivity contribution in [3.63, 3.8) is 0 Å². The van der Waals surface area contributed by atoms with Crippen LogP contribution in [0.5, 0.6) is 0 Å². The molecule has 3 heterocycles. The van der Waals surface area contributed by atoms with Gasteiger partial charge in [0.05, 0.1) is 5.69 Å². The summed E-state index contributed by atoms with van der Waals surface area (Å²) < 4.78 is 46.5. The summed E-state index contributed by atoms with van der Waals surface area (Å²) in [5.41, 5.74) is 2.41. The molecule has 192 valence electrons. The van der Waals surface area contributed by atoms with Crippen LogP contribution in [-0.4, -0.2) is 63.4 Å². The molecule has 1 fully saturated rings. The molecular weight excluding hydrogens is 482 g/mol. The van der Waals surface area contributed by atoms with E-state index < -0.39 is 12.1 Å². The minimum Gasteiger partial charge on any atom is -0.475 e. The molecule has 1 saturated heterocycles. The fourth-order valence-electron chi connectivity index (χ4n) is 3.52. The Kier molecular flexibility index (Phi) is 8.56. The monoisotopic (exact) mass is 507 g/mol. The maximum Gasteiger partial charge on any atom is 0.490 e. The summed E-state index contributed by atoms with van der Waals surface area (Å²) in [5, 5.41) is 10.4. The summed E-state index contributed by atoms with van der Waals surface area (Å²) in [6, 6.07) is 9.10. The number of carboxylic acids is 1. The number of carbonyl (C=O) groups is 1. The van der Waals surface area contributed by atoms with Gasteiger partial charge in [-0.1, -0.05) is 6.07 Å². The molecule has 1 aliphatic heterocycles. The molecule has 13 heteroatoms. The third kappa shape index (κ3) is 7.48. The molecule has 36 heavy (non-hydrogen) atoms. The van der Waals surface area contributed by atoms with E-state index in [1.165, 1.54) is 0 Å². The van der Waals surface area contributed by atoms with Crippen LogP contribution in [0, 0.1) is 19.7 Å². The summed E-state index contributed by atoms with van der Waals surface area (Å²) in [6.07, 6.45) is -1.60. The zero-order valence-electron chi connectivity index (χ0n) is 19.6. The maximum atomic E-state index is 14.8. The summed E-state index contributed by atoms with van der Waals surface area (Å²) in [7, 11) is 0. The molecule has 0 atom stereocenters. The Balaban J connectivity index is 0.000000454. The molecule has 0 saturated carbocycles. The zero-order chi connectivity index (χ0) is 26.3. The standard InChI is InChI=1S/C21H24FN7.C2HF3O2/c1-15-12-20(27-16(2)26-15)25-14-17-4-5-19(18(22)13-17)28-8-10-29(11-9-28)21-23-6-3-7-24-21;3-2(4,5)1(6)7/h3-7,12-13H,8-11,14H2,1-2H3,(H,25,26,27);(H,6,7). The molecule has 0 aliphatic carbocycles. The number of carboxylic acid groups (broad SMARTS) is 1. The molecule has 1 aromatic carbocycles. The van der Waals surface area contributed by atoms with E-state index in [-0.39, 0.29) is 5.82 Å². The number of aliphatic carboxylic acids is 1. The second kappa shape index (κ2) is 11.6. The van der Waals surface area contributed by atoms with Crippen LogP contribution in [0.2, 0.25) is 0 Å². The Morgan fingerprint density at radius 1 is 1.03 bits per heavy atom. The minimum absolute atomic E-state index is 0.205. The van der Waals surface area contributed by atoms with Gasteiger partial charge in [-0.05, 0) is 37.6 Å². The van der Waals surface area contributed by atoms with E-state index in [4.69, 9.17) is 9.90 Å². The van der Waals surface area contributed by atoms with Crippen LogP contribution < -0.4 is 15.1 Å². The van der Waals surface area contributed by atoms with Gasteiger partial charge in [-0.3, -0.25) is 0 Å². The van der Waals surface area contributed by atoms with E-state index in [9.17, 15) is 17.6 Å². The first-order chi connectivity index (χ1) is 17.0. The summed E-state index contributed by atoms with van der Waals surface area (Å²) in [5.74, 6) is -0.770. The number of piperazine rings is 1. The number of halogens is 4. The number of hydrogen-bond donors (Lipinski definition) is 2. The molecule has 0 radical (unpaired) electrons. The SMILES string of the molecule is Cc1cc(NCc2ccc(N3CCN(c4ncccn4)CC3)c(F)c2)nc(C)n1.O=C(O)C(F)(F)F. The lowest BCUT2D eigenvalue weighted by Crippen LogP contribution is -2.47. The van der Waals surface area contributed by atoms with Crippen molar-refractivity contribution in [2.75, 3.05) is 41.3 Å². The predicted octanol–water partition coefficient (Wildman–Crippen LogP) is 3.59. The Hall–Kier alpha value is -4.03. The van der Waals surface area contributed by atoms with Crippen molar-refractivity contribution >= 4 is 23.4 Å². The highest BCUT2D eigenvalue weighted by molar-refractivity contribution is 5.73. The molecular formula is C23H25F4N7O2. The first-order valence-electron chi connectivity index (χ1n) is 10.9. The molecule has 0 spiro atoms. The molecule has 1 aliphatic rings. The van der Waals surface area contributed by atoms with Gasteiger partial charge in [0.25, 0.3) is 0 Å². The van der Waals surface area contributed by atoms with Gasteiger partial charge in [0.15, 0.2) is 0 Å². The van der Waals surface area contributed by atoms with Gasteiger partial charge >= 0.3 is 12.1 Å². The molecule has 0 amide bonds. The lowest BCUT2D eigenvalue weighted by molar-refractivity contribution is -0.192. The smallest absolute Gasteiger partial charge is 0.475 e. The normalized spacial score (nSPS) is 13.6. The first kappa shape index (κ1) is 26.6. The number of nitrogens with one attached hydrogen (secondary N) is 1. The number of nitrogens with zero attached hydrogens (tertiary/aromatic N) is 6. The average Bonchev–Trinajstić information content (AvgIpc) is 2.83. The lowest BCUT2D eigenvalue weighted by Gasteiger charge is -2.36.